The quantitative estimate of drug-likeness (QED) is 0.700. The number of hydrogen-bond acceptors (Lipinski definition) is 6. The summed E-state index contributed by atoms with van der Waals surface area (Å²) in [5.41, 5.74) is 5.73. The van der Waals surface area contributed by atoms with Crippen LogP contribution in [0.1, 0.15) is 31.4 Å². The Kier molecular flexibility index (Phi) is 4.93. The summed E-state index contributed by atoms with van der Waals surface area (Å²) < 4.78 is 0.932. The Balaban J connectivity index is 1.70. The van der Waals surface area contributed by atoms with Crippen molar-refractivity contribution in [2.24, 2.45) is 17.1 Å². The van der Waals surface area contributed by atoms with Crippen molar-refractivity contribution >= 4 is 40.0 Å². The van der Waals surface area contributed by atoms with Crippen LogP contribution in [0.3, 0.4) is 0 Å². The van der Waals surface area contributed by atoms with Crippen molar-refractivity contribution in [1.82, 2.24) is 10.3 Å². The van der Waals surface area contributed by atoms with E-state index in [2.05, 4.69) is 15.6 Å². The average molecular weight is 355 g/mol. The van der Waals surface area contributed by atoms with Crippen molar-refractivity contribution in [2.45, 2.75) is 36.8 Å². The molecule has 2 heterocycles. The fourth-order valence-electron chi connectivity index (χ4n) is 3.62. The molecular weight excluding hydrogens is 332 g/mol. The molecule has 1 aromatic heterocycles. The predicted molar refractivity (Wildman–Crippen MR) is 92.7 cm³/mol. The van der Waals surface area contributed by atoms with Crippen molar-refractivity contribution in [2.75, 3.05) is 24.2 Å². The third-order valence-electron chi connectivity index (χ3n) is 4.81. The lowest BCUT2D eigenvalue weighted by atomic mass is 9.68. The molecule has 6 nitrogen and oxygen atoms in total. The van der Waals surface area contributed by atoms with E-state index in [1.54, 1.807) is 0 Å². The molecule has 4 N–H and O–H groups in total. The van der Waals surface area contributed by atoms with E-state index in [1.807, 2.05) is 6.92 Å². The highest BCUT2D eigenvalue weighted by atomic mass is 32.2. The molecule has 0 unspecified atom stereocenters. The standard InChI is InChI=1S/C15H22N4O2S2/c1-9-12(22-7-11(16)20)23-14(18-9)19-13(21)15-5-3-2-4-10(15)6-17-8-15/h10,17H,2-8H2,1H3,(H2,16,20)(H,18,19,21)/t10-,15+/m0/s1. The number of fused-ring (bicyclic) bond motifs is 1. The van der Waals surface area contributed by atoms with Crippen LogP contribution in [0, 0.1) is 18.3 Å². The van der Waals surface area contributed by atoms with Crippen molar-refractivity contribution in [3.8, 4) is 0 Å². The molecule has 0 spiro atoms. The maximum atomic E-state index is 12.9. The van der Waals surface area contributed by atoms with E-state index in [1.165, 1.54) is 29.5 Å². The van der Waals surface area contributed by atoms with E-state index in [9.17, 15) is 9.59 Å². The van der Waals surface area contributed by atoms with Crippen LogP contribution >= 0.6 is 23.1 Å². The summed E-state index contributed by atoms with van der Waals surface area (Å²) in [6, 6.07) is 0. The number of carbonyl (C=O) groups is 2. The van der Waals surface area contributed by atoms with Crippen molar-refractivity contribution in [3.63, 3.8) is 0 Å². The number of thioether (sulfide) groups is 1. The maximum absolute atomic E-state index is 12.9. The van der Waals surface area contributed by atoms with E-state index in [0.29, 0.717) is 11.0 Å². The summed E-state index contributed by atoms with van der Waals surface area (Å²) in [6.45, 7) is 3.58. The lowest BCUT2D eigenvalue weighted by Gasteiger charge is -2.36. The number of aryl methyl sites for hydroxylation is 1. The predicted octanol–water partition coefficient (Wildman–Crippen LogP) is 1.75. The van der Waals surface area contributed by atoms with E-state index in [0.717, 1.165) is 42.3 Å². The third-order valence-corrected chi connectivity index (χ3v) is 7.27. The average Bonchev–Trinajstić information content (AvgIpc) is 3.09. The highest BCUT2D eigenvalue weighted by molar-refractivity contribution is 8.01. The molecule has 2 aliphatic rings. The van der Waals surface area contributed by atoms with Crippen molar-refractivity contribution in [1.29, 1.82) is 0 Å². The van der Waals surface area contributed by atoms with Gasteiger partial charge in [-0.15, -0.1) is 11.8 Å². The lowest BCUT2D eigenvalue weighted by molar-refractivity contribution is -0.128. The number of primary amides is 1. The van der Waals surface area contributed by atoms with E-state index in [4.69, 9.17) is 5.73 Å². The van der Waals surface area contributed by atoms with Gasteiger partial charge in [0.1, 0.15) is 0 Å². The Hall–Kier alpha value is -1.12. The highest BCUT2D eigenvalue weighted by Crippen LogP contribution is 2.45. The van der Waals surface area contributed by atoms with Gasteiger partial charge in [-0.05, 0) is 32.2 Å². The second-order valence-electron chi connectivity index (χ2n) is 6.33. The van der Waals surface area contributed by atoms with Crippen molar-refractivity contribution < 1.29 is 9.59 Å². The van der Waals surface area contributed by atoms with Gasteiger partial charge in [0, 0.05) is 6.54 Å². The molecule has 0 aromatic carbocycles. The van der Waals surface area contributed by atoms with Crippen LogP contribution < -0.4 is 16.4 Å². The number of nitrogens with one attached hydrogen (secondary N) is 2. The van der Waals surface area contributed by atoms with Crippen LogP contribution in [-0.4, -0.2) is 35.6 Å². The second-order valence-corrected chi connectivity index (χ2v) is 8.57. The monoisotopic (exact) mass is 354 g/mol. The molecule has 23 heavy (non-hydrogen) atoms. The molecule has 2 fully saturated rings. The minimum atomic E-state index is -0.352. The van der Waals surface area contributed by atoms with Crippen molar-refractivity contribution in [3.05, 3.63) is 5.69 Å². The Morgan fingerprint density at radius 2 is 2.35 bits per heavy atom. The molecule has 1 saturated heterocycles. The van der Waals surface area contributed by atoms with Gasteiger partial charge in [0.2, 0.25) is 11.8 Å². The number of carbonyl (C=O) groups excluding carboxylic acids is 2. The largest absolute Gasteiger partial charge is 0.369 e. The van der Waals surface area contributed by atoms with Gasteiger partial charge in [-0.25, -0.2) is 4.98 Å². The normalized spacial score (nSPS) is 26.7. The smallest absolute Gasteiger partial charge is 0.233 e. The zero-order valence-corrected chi connectivity index (χ0v) is 14.8. The Morgan fingerprint density at radius 1 is 1.52 bits per heavy atom. The molecular formula is C15H22N4O2S2. The molecule has 0 radical (unpaired) electrons. The molecule has 126 valence electrons. The molecule has 1 saturated carbocycles. The lowest BCUT2D eigenvalue weighted by Crippen LogP contribution is -2.44. The zero-order valence-electron chi connectivity index (χ0n) is 13.2. The third kappa shape index (κ3) is 3.39. The minimum absolute atomic E-state index is 0.0902. The van der Waals surface area contributed by atoms with Crippen LogP contribution in [0.15, 0.2) is 4.21 Å². The number of hydrogen-bond donors (Lipinski definition) is 3. The van der Waals surface area contributed by atoms with Gasteiger partial charge in [-0.2, -0.15) is 0 Å². The van der Waals surface area contributed by atoms with E-state index >= 15 is 0 Å². The van der Waals surface area contributed by atoms with Gasteiger partial charge >= 0.3 is 0 Å². The SMILES string of the molecule is Cc1nc(NC(=O)[C@@]23CCCC[C@H]2CNC3)sc1SCC(N)=O. The molecule has 2 amide bonds. The Bertz CT molecular complexity index is 619. The molecule has 0 bridgehead atoms. The first-order valence-electron chi connectivity index (χ1n) is 7.92. The van der Waals surface area contributed by atoms with Gasteiger partial charge < -0.3 is 16.4 Å². The van der Waals surface area contributed by atoms with Gasteiger partial charge in [0.05, 0.1) is 21.1 Å². The summed E-state index contributed by atoms with van der Waals surface area (Å²) in [5.74, 6) is 0.398. The first-order chi connectivity index (χ1) is 11.0. The Morgan fingerprint density at radius 3 is 3.13 bits per heavy atom. The van der Waals surface area contributed by atoms with Gasteiger partial charge in [-0.1, -0.05) is 24.2 Å². The maximum Gasteiger partial charge on any atom is 0.233 e. The number of thiazole rings is 1. The molecule has 1 aromatic rings. The number of nitrogens with zero attached hydrogens (tertiary/aromatic N) is 1. The molecule has 8 heteroatoms. The summed E-state index contributed by atoms with van der Waals surface area (Å²) in [5, 5.41) is 7.03. The first kappa shape index (κ1) is 16.7. The highest BCUT2D eigenvalue weighted by Gasteiger charge is 2.50. The number of rotatable bonds is 5. The summed E-state index contributed by atoms with van der Waals surface area (Å²) >= 11 is 2.79. The molecule has 1 aliphatic heterocycles. The first-order valence-corrected chi connectivity index (χ1v) is 9.72. The minimum Gasteiger partial charge on any atom is -0.369 e. The summed E-state index contributed by atoms with van der Waals surface area (Å²) in [6.07, 6.45) is 4.40. The van der Waals surface area contributed by atoms with Crippen LogP contribution in [-0.2, 0) is 9.59 Å². The van der Waals surface area contributed by atoms with Crippen LogP contribution in [0.4, 0.5) is 5.13 Å². The van der Waals surface area contributed by atoms with Gasteiger partial charge in [0.15, 0.2) is 5.13 Å². The molecule has 3 rings (SSSR count). The van der Waals surface area contributed by atoms with Crippen LogP contribution in [0.5, 0.6) is 0 Å². The number of anilines is 1. The fourth-order valence-corrected chi connectivity index (χ4v) is 5.49. The molecule has 2 atom stereocenters. The number of nitrogens with two attached hydrogens (primary N) is 1. The number of aromatic nitrogens is 1. The van der Waals surface area contributed by atoms with Crippen LogP contribution in [0.2, 0.25) is 0 Å². The van der Waals surface area contributed by atoms with Crippen LogP contribution in [0.25, 0.3) is 0 Å². The zero-order chi connectivity index (χ0) is 16.4. The number of amides is 2. The summed E-state index contributed by atoms with van der Waals surface area (Å²) in [7, 11) is 0. The Labute approximate surface area is 144 Å². The second kappa shape index (κ2) is 6.78. The summed E-state index contributed by atoms with van der Waals surface area (Å²) in [4.78, 5) is 28.2. The van der Waals surface area contributed by atoms with E-state index in [-0.39, 0.29) is 23.0 Å². The molecule has 1 aliphatic carbocycles. The topological polar surface area (TPSA) is 97.1 Å². The van der Waals surface area contributed by atoms with Gasteiger partial charge in [0.25, 0.3) is 0 Å². The van der Waals surface area contributed by atoms with Gasteiger partial charge in [-0.3, -0.25) is 9.59 Å². The fraction of sp³-hybridized carbons (Fsp3) is 0.667. The van der Waals surface area contributed by atoms with E-state index < -0.39 is 0 Å².